The molecular weight excluding hydrogens is 318 g/mol. The van der Waals surface area contributed by atoms with Crippen molar-refractivity contribution in [3.8, 4) is 0 Å². The number of hydrogen-bond donors (Lipinski definition) is 0. The molecule has 1 fully saturated rings. The van der Waals surface area contributed by atoms with Gasteiger partial charge in [-0.2, -0.15) is 4.39 Å². The van der Waals surface area contributed by atoms with Gasteiger partial charge in [-0.25, -0.2) is 4.39 Å². The predicted molar refractivity (Wildman–Crippen MR) is 70.0 cm³/mol. The maximum atomic E-state index is 13.8. The Bertz CT molecular complexity index is 516. The molecule has 0 amide bonds. The van der Waals surface area contributed by atoms with Crippen molar-refractivity contribution in [2.75, 3.05) is 0 Å². The average molecular weight is 331 g/mol. The Morgan fingerprint density at radius 1 is 1.16 bits per heavy atom. The van der Waals surface area contributed by atoms with E-state index in [1.54, 1.807) is 6.07 Å². The van der Waals surface area contributed by atoms with Crippen LogP contribution in [0.4, 0.5) is 8.78 Å². The highest BCUT2D eigenvalue weighted by Gasteiger charge is 2.37. The molecule has 0 spiro atoms. The van der Waals surface area contributed by atoms with E-state index in [2.05, 4.69) is 15.9 Å². The van der Waals surface area contributed by atoms with Crippen LogP contribution in [0.25, 0.3) is 0 Å². The van der Waals surface area contributed by atoms with Gasteiger partial charge in [0.25, 0.3) is 0 Å². The Morgan fingerprint density at radius 3 is 2.37 bits per heavy atom. The standard InChI is InChI=1S/C14H13BrF2O2/c15-8-5-6-11(12(16)7-8)13(18)9-3-1-2-4-10(9)14(17)19/h5-7,9-10H,1-4H2. The highest BCUT2D eigenvalue weighted by Crippen LogP contribution is 2.34. The summed E-state index contributed by atoms with van der Waals surface area (Å²) >= 11 is 3.11. The first kappa shape index (κ1) is 14.3. The first-order chi connectivity index (χ1) is 9.00. The van der Waals surface area contributed by atoms with Crippen LogP contribution >= 0.6 is 15.9 Å². The Morgan fingerprint density at radius 2 is 1.79 bits per heavy atom. The number of carbonyl (C=O) groups is 2. The maximum absolute atomic E-state index is 13.8. The average Bonchev–Trinajstić information content (AvgIpc) is 2.38. The fourth-order valence-electron chi connectivity index (χ4n) is 2.61. The van der Waals surface area contributed by atoms with Crippen molar-refractivity contribution in [1.82, 2.24) is 0 Å². The third kappa shape index (κ3) is 3.08. The zero-order chi connectivity index (χ0) is 14.0. The van der Waals surface area contributed by atoms with Gasteiger partial charge in [0, 0.05) is 10.4 Å². The molecule has 2 nitrogen and oxygen atoms in total. The van der Waals surface area contributed by atoms with Gasteiger partial charge in [0.15, 0.2) is 5.78 Å². The van der Waals surface area contributed by atoms with Gasteiger partial charge in [0.2, 0.25) is 0 Å². The van der Waals surface area contributed by atoms with Crippen LogP contribution < -0.4 is 0 Å². The fourth-order valence-corrected chi connectivity index (χ4v) is 2.94. The van der Waals surface area contributed by atoms with Crippen LogP contribution in [0.2, 0.25) is 0 Å². The number of benzene rings is 1. The van der Waals surface area contributed by atoms with Crippen LogP contribution in [0.5, 0.6) is 0 Å². The monoisotopic (exact) mass is 330 g/mol. The van der Waals surface area contributed by atoms with Crippen LogP contribution in [-0.4, -0.2) is 11.8 Å². The minimum Gasteiger partial charge on any atom is -0.294 e. The number of hydrogen-bond acceptors (Lipinski definition) is 2. The highest BCUT2D eigenvalue weighted by atomic mass is 79.9. The van der Waals surface area contributed by atoms with Crippen LogP contribution in [0.15, 0.2) is 22.7 Å². The largest absolute Gasteiger partial charge is 0.305 e. The molecule has 0 radical (unpaired) electrons. The quantitative estimate of drug-likeness (QED) is 0.618. The van der Waals surface area contributed by atoms with Crippen molar-refractivity contribution in [1.29, 1.82) is 0 Å². The molecule has 5 heteroatoms. The molecule has 1 aliphatic carbocycles. The number of carbonyl (C=O) groups excluding carboxylic acids is 2. The van der Waals surface area contributed by atoms with Gasteiger partial charge in [-0.1, -0.05) is 28.8 Å². The summed E-state index contributed by atoms with van der Waals surface area (Å²) in [4.78, 5) is 23.2. The molecule has 19 heavy (non-hydrogen) atoms. The molecule has 1 aromatic rings. The molecule has 1 aromatic carbocycles. The molecule has 0 heterocycles. The number of rotatable bonds is 3. The summed E-state index contributed by atoms with van der Waals surface area (Å²) in [6.45, 7) is 0. The van der Waals surface area contributed by atoms with Gasteiger partial charge in [-0.15, -0.1) is 0 Å². The van der Waals surface area contributed by atoms with Crippen LogP contribution in [-0.2, 0) is 4.79 Å². The van der Waals surface area contributed by atoms with Gasteiger partial charge >= 0.3 is 6.04 Å². The first-order valence-corrected chi connectivity index (χ1v) is 6.98. The molecule has 0 saturated heterocycles. The lowest BCUT2D eigenvalue weighted by Crippen LogP contribution is -2.31. The number of ketones is 1. The van der Waals surface area contributed by atoms with E-state index in [9.17, 15) is 18.4 Å². The van der Waals surface area contributed by atoms with E-state index in [1.807, 2.05) is 0 Å². The van der Waals surface area contributed by atoms with Crippen molar-refractivity contribution in [2.24, 2.45) is 11.8 Å². The third-order valence-electron chi connectivity index (χ3n) is 3.59. The summed E-state index contributed by atoms with van der Waals surface area (Å²) in [7, 11) is 0. The van der Waals surface area contributed by atoms with Gasteiger partial charge in [-0.05, 0) is 31.0 Å². The van der Waals surface area contributed by atoms with E-state index in [0.29, 0.717) is 17.3 Å². The molecule has 0 aromatic heterocycles. The first-order valence-electron chi connectivity index (χ1n) is 6.19. The molecule has 1 saturated carbocycles. The molecular formula is C14H13BrF2O2. The minimum absolute atomic E-state index is 0.0682. The third-order valence-corrected chi connectivity index (χ3v) is 4.08. The second-order valence-corrected chi connectivity index (χ2v) is 5.71. The van der Waals surface area contributed by atoms with E-state index in [0.717, 1.165) is 12.8 Å². The second-order valence-electron chi connectivity index (χ2n) is 4.79. The summed E-state index contributed by atoms with van der Waals surface area (Å²) in [5.41, 5.74) is -0.0682. The normalized spacial score (nSPS) is 23.1. The Balaban J connectivity index is 2.28. The molecule has 0 aliphatic heterocycles. The van der Waals surface area contributed by atoms with Crippen molar-refractivity contribution < 1.29 is 18.4 Å². The lowest BCUT2D eigenvalue weighted by atomic mass is 9.75. The molecule has 0 bridgehead atoms. The van der Waals surface area contributed by atoms with Gasteiger partial charge < -0.3 is 0 Å². The van der Waals surface area contributed by atoms with E-state index < -0.39 is 29.5 Å². The zero-order valence-corrected chi connectivity index (χ0v) is 11.8. The van der Waals surface area contributed by atoms with Crippen LogP contribution in [0, 0.1) is 17.7 Å². The predicted octanol–water partition coefficient (Wildman–Crippen LogP) is 4.07. The summed E-state index contributed by atoms with van der Waals surface area (Å²) in [6.07, 6.45) is 2.30. The summed E-state index contributed by atoms with van der Waals surface area (Å²) in [6, 6.07) is 2.67. The molecule has 2 rings (SSSR count). The van der Waals surface area contributed by atoms with Gasteiger partial charge in [0.05, 0.1) is 11.5 Å². The second kappa shape index (κ2) is 5.90. The Labute approximate surface area is 118 Å². The smallest absolute Gasteiger partial charge is 0.294 e. The van der Waals surface area contributed by atoms with E-state index >= 15 is 0 Å². The van der Waals surface area contributed by atoms with E-state index in [-0.39, 0.29) is 5.56 Å². The molecule has 1 aliphatic rings. The number of Topliss-reactive ketones (excluding diaryl/α,β-unsaturated/α-hetero) is 1. The van der Waals surface area contributed by atoms with E-state index in [1.165, 1.54) is 12.1 Å². The van der Waals surface area contributed by atoms with Crippen LogP contribution in [0.1, 0.15) is 36.0 Å². The van der Waals surface area contributed by atoms with E-state index in [4.69, 9.17) is 0 Å². The summed E-state index contributed by atoms with van der Waals surface area (Å²) in [5.74, 6) is -2.76. The molecule has 2 unspecified atom stereocenters. The van der Waals surface area contributed by atoms with Crippen molar-refractivity contribution in [2.45, 2.75) is 25.7 Å². The SMILES string of the molecule is O=C(F)C1CCCCC1C(=O)c1ccc(Br)cc1F. The van der Waals surface area contributed by atoms with Crippen molar-refractivity contribution >= 4 is 27.8 Å². The zero-order valence-electron chi connectivity index (χ0n) is 10.2. The topological polar surface area (TPSA) is 34.1 Å². The van der Waals surface area contributed by atoms with Crippen LogP contribution in [0.3, 0.4) is 0 Å². The lowest BCUT2D eigenvalue weighted by molar-refractivity contribution is -0.135. The molecule has 102 valence electrons. The van der Waals surface area contributed by atoms with Gasteiger partial charge in [0.1, 0.15) is 5.82 Å². The van der Waals surface area contributed by atoms with Crippen molar-refractivity contribution in [3.63, 3.8) is 0 Å². The Kier molecular flexibility index (Phi) is 4.45. The van der Waals surface area contributed by atoms with Crippen molar-refractivity contribution in [3.05, 3.63) is 34.1 Å². The van der Waals surface area contributed by atoms with Gasteiger partial charge in [-0.3, -0.25) is 9.59 Å². The highest BCUT2D eigenvalue weighted by molar-refractivity contribution is 9.10. The lowest BCUT2D eigenvalue weighted by Gasteiger charge is -2.27. The minimum atomic E-state index is -1.46. The Hall–Kier alpha value is -1.10. The maximum Gasteiger partial charge on any atom is 0.305 e. The summed E-state index contributed by atoms with van der Waals surface area (Å²) in [5, 5.41) is 0. The fraction of sp³-hybridized carbons (Fsp3) is 0.429. The summed E-state index contributed by atoms with van der Waals surface area (Å²) < 4.78 is 27.3. The number of halogens is 3. The molecule has 2 atom stereocenters. The molecule has 0 N–H and O–H groups in total.